The molecule has 2 amide bonds. The van der Waals surface area contributed by atoms with Crippen molar-refractivity contribution in [2.45, 2.75) is 52.7 Å². The lowest BCUT2D eigenvalue weighted by molar-refractivity contribution is -0.187. The molecule has 0 saturated carbocycles. The van der Waals surface area contributed by atoms with Gasteiger partial charge in [-0.05, 0) is 77.9 Å². The highest BCUT2D eigenvalue weighted by Crippen LogP contribution is 2.26. The van der Waals surface area contributed by atoms with Gasteiger partial charge in [-0.3, -0.25) is 19.4 Å². The molecular weight excluding hydrogens is 724 g/mol. The minimum Gasteiger partial charge on any atom is -0.472 e. The zero-order valence-corrected chi connectivity index (χ0v) is 32.4. The number of carbonyl (C=O) groups excluding carboxylic acids is 6. The molecule has 0 spiro atoms. The van der Waals surface area contributed by atoms with Gasteiger partial charge in [0.15, 0.2) is 25.0 Å². The molecule has 0 fully saturated rings. The van der Waals surface area contributed by atoms with Crippen molar-refractivity contribution in [3.05, 3.63) is 130 Å². The number of rotatable bonds is 12. The van der Waals surface area contributed by atoms with Crippen molar-refractivity contribution in [1.29, 1.82) is 0 Å². The van der Waals surface area contributed by atoms with Crippen LogP contribution >= 0.6 is 0 Å². The average Bonchev–Trinajstić information content (AvgIpc) is 3.16. The molecule has 0 bridgehead atoms. The molecule has 56 heavy (non-hydrogen) atoms. The van der Waals surface area contributed by atoms with Gasteiger partial charge in [0.05, 0.1) is 22.3 Å². The van der Waals surface area contributed by atoms with E-state index in [0.29, 0.717) is 0 Å². The highest BCUT2D eigenvalue weighted by atomic mass is 17.2. The second kappa shape index (κ2) is 18.1. The predicted octanol–water partition coefficient (Wildman–Crippen LogP) is 7.48. The van der Waals surface area contributed by atoms with Crippen LogP contribution in [0.4, 0.5) is 9.59 Å². The summed E-state index contributed by atoms with van der Waals surface area (Å²) < 4.78 is 22.3. The Labute approximate surface area is 324 Å². The molecule has 0 heterocycles. The van der Waals surface area contributed by atoms with Crippen LogP contribution in [0, 0.1) is 0 Å². The van der Waals surface area contributed by atoms with Crippen LogP contribution in [0.3, 0.4) is 0 Å². The lowest BCUT2D eigenvalue weighted by Gasteiger charge is -2.25. The molecule has 14 heteroatoms. The summed E-state index contributed by atoms with van der Waals surface area (Å²) in [6, 6.07) is 24.0. The normalized spacial score (nSPS) is 11.1. The molecule has 0 aliphatic heterocycles. The minimum absolute atomic E-state index is 0.0792. The maximum atomic E-state index is 13.8. The predicted molar refractivity (Wildman–Crippen MR) is 202 cm³/mol. The van der Waals surface area contributed by atoms with Crippen molar-refractivity contribution in [1.82, 2.24) is 9.80 Å². The highest BCUT2D eigenvalue weighted by Gasteiger charge is 2.27. The maximum absolute atomic E-state index is 13.8. The number of amides is 2. The van der Waals surface area contributed by atoms with E-state index < -0.39 is 46.9 Å². The van der Waals surface area contributed by atoms with Crippen LogP contribution in [0.2, 0.25) is 0 Å². The van der Waals surface area contributed by atoms with Crippen LogP contribution in [0.15, 0.2) is 97.1 Å². The van der Waals surface area contributed by atoms with E-state index in [2.05, 4.69) is 0 Å². The lowest BCUT2D eigenvalue weighted by atomic mass is 9.97. The Balaban J connectivity index is 1.47. The molecule has 0 radical (unpaired) electrons. The number of ether oxygens (including phenoxy) is 4. The van der Waals surface area contributed by atoms with Gasteiger partial charge in [0.1, 0.15) is 22.7 Å². The van der Waals surface area contributed by atoms with Gasteiger partial charge in [0.25, 0.3) is 0 Å². The Hall–Kier alpha value is -6.70. The van der Waals surface area contributed by atoms with Gasteiger partial charge in [-0.25, -0.2) is 29.0 Å². The van der Waals surface area contributed by atoms with Crippen LogP contribution in [-0.2, 0) is 19.2 Å². The van der Waals surface area contributed by atoms with Crippen molar-refractivity contribution < 1.29 is 57.5 Å². The molecule has 0 aromatic heterocycles. The monoisotopic (exact) mass is 768 g/mol. The third-order valence-electron chi connectivity index (χ3n) is 7.48. The van der Waals surface area contributed by atoms with Gasteiger partial charge >= 0.3 is 24.1 Å². The van der Waals surface area contributed by atoms with E-state index in [1.165, 1.54) is 96.7 Å². The number of para-hydroxylation sites is 2. The first-order chi connectivity index (χ1) is 26.4. The standard InChI is InChI=1S/C42H44N2O12/c1-41(2,3)53-39(49)43(7)25-51-33-23-15-13-21-31(33)35(45)27-17-9-11-19-29(27)37(47)55-56-38(48)30-20-12-10-18-28(30)36(46)32-22-14-16-24-34(32)52-26-44(8)40(50)54-42(4,5)6/h9-24H,25-26H2,1-8H3. The van der Waals surface area contributed by atoms with E-state index >= 15 is 0 Å². The SMILES string of the molecule is CN(COc1ccccc1C(=O)c1ccccc1C(=O)OOC(=O)c1ccccc1C(=O)c1ccccc1OCN(C)C(=O)OC(C)(C)C)C(=O)OC(C)(C)C. The molecule has 0 unspecified atom stereocenters. The van der Waals surface area contributed by atoms with Gasteiger partial charge in [-0.15, -0.1) is 0 Å². The first kappa shape index (κ1) is 42.0. The molecule has 14 nitrogen and oxygen atoms in total. The fourth-order valence-electron chi connectivity index (χ4n) is 4.85. The quantitative estimate of drug-likeness (QED) is 0.0605. The van der Waals surface area contributed by atoms with E-state index in [4.69, 9.17) is 28.7 Å². The third-order valence-corrected chi connectivity index (χ3v) is 7.48. The summed E-state index contributed by atoms with van der Waals surface area (Å²) >= 11 is 0. The molecule has 4 aromatic carbocycles. The van der Waals surface area contributed by atoms with Gasteiger partial charge in [-0.2, -0.15) is 0 Å². The van der Waals surface area contributed by atoms with Crippen molar-refractivity contribution in [2.75, 3.05) is 27.6 Å². The van der Waals surface area contributed by atoms with E-state index in [1.54, 1.807) is 65.8 Å². The molecule has 0 saturated heterocycles. The minimum atomic E-state index is -1.16. The van der Waals surface area contributed by atoms with Gasteiger partial charge in [-0.1, -0.05) is 60.7 Å². The third kappa shape index (κ3) is 11.4. The molecule has 4 rings (SSSR count). The smallest absolute Gasteiger partial charge is 0.412 e. The second-order valence-corrected chi connectivity index (χ2v) is 14.4. The lowest BCUT2D eigenvalue weighted by Crippen LogP contribution is -2.36. The summed E-state index contributed by atoms with van der Waals surface area (Å²) in [4.78, 5) is 91.2. The molecular formula is C42H44N2O12. The Morgan fingerprint density at radius 2 is 0.732 bits per heavy atom. The van der Waals surface area contributed by atoms with Crippen LogP contribution in [0.5, 0.6) is 11.5 Å². The first-order valence-electron chi connectivity index (χ1n) is 17.4. The molecule has 0 aliphatic carbocycles. The summed E-state index contributed by atoms with van der Waals surface area (Å²) in [6.45, 7) is 9.89. The summed E-state index contributed by atoms with van der Waals surface area (Å²) in [5, 5.41) is 0. The van der Waals surface area contributed by atoms with Gasteiger partial charge in [0, 0.05) is 25.2 Å². The highest BCUT2D eigenvalue weighted by molar-refractivity contribution is 6.17. The average molecular weight is 769 g/mol. The Bertz CT molecular complexity index is 1950. The van der Waals surface area contributed by atoms with Gasteiger partial charge in [0.2, 0.25) is 0 Å². The molecule has 0 N–H and O–H groups in total. The Kier molecular flexibility index (Phi) is 13.6. The Morgan fingerprint density at radius 1 is 0.446 bits per heavy atom. The summed E-state index contributed by atoms with van der Waals surface area (Å²) in [5.41, 5.74) is -1.91. The van der Waals surface area contributed by atoms with Crippen LogP contribution in [0.1, 0.15) is 94.1 Å². The van der Waals surface area contributed by atoms with E-state index in [0.717, 1.165) is 0 Å². The van der Waals surface area contributed by atoms with Crippen molar-refractivity contribution >= 4 is 35.7 Å². The largest absolute Gasteiger partial charge is 0.472 e. The maximum Gasteiger partial charge on any atom is 0.412 e. The molecule has 0 atom stereocenters. The second-order valence-electron chi connectivity index (χ2n) is 14.4. The first-order valence-corrected chi connectivity index (χ1v) is 17.4. The van der Waals surface area contributed by atoms with E-state index in [1.807, 2.05) is 0 Å². The van der Waals surface area contributed by atoms with E-state index in [-0.39, 0.29) is 58.3 Å². The van der Waals surface area contributed by atoms with Crippen molar-refractivity contribution in [2.24, 2.45) is 0 Å². The fourth-order valence-corrected chi connectivity index (χ4v) is 4.85. The van der Waals surface area contributed by atoms with Gasteiger partial charge < -0.3 is 18.9 Å². The van der Waals surface area contributed by atoms with Crippen molar-refractivity contribution in [3.8, 4) is 11.5 Å². The molecule has 294 valence electrons. The number of benzene rings is 4. The zero-order valence-electron chi connectivity index (χ0n) is 32.4. The topological polar surface area (TPSA) is 164 Å². The molecule has 4 aromatic rings. The van der Waals surface area contributed by atoms with Crippen LogP contribution < -0.4 is 9.47 Å². The van der Waals surface area contributed by atoms with Crippen molar-refractivity contribution in [3.63, 3.8) is 0 Å². The van der Waals surface area contributed by atoms with Crippen LogP contribution in [0.25, 0.3) is 0 Å². The number of ketones is 2. The number of hydrogen-bond acceptors (Lipinski definition) is 12. The fraction of sp³-hybridized carbons (Fsp3) is 0.286. The van der Waals surface area contributed by atoms with E-state index in [9.17, 15) is 28.8 Å². The number of hydrogen-bond donors (Lipinski definition) is 0. The number of nitrogens with zero attached hydrogens (tertiary/aromatic N) is 2. The summed E-state index contributed by atoms with van der Waals surface area (Å²) in [7, 11) is 2.95. The Morgan fingerprint density at radius 3 is 1.05 bits per heavy atom. The summed E-state index contributed by atoms with van der Waals surface area (Å²) in [5.74, 6) is -3.30. The number of carbonyl (C=O) groups is 6. The summed E-state index contributed by atoms with van der Waals surface area (Å²) in [6.07, 6.45) is -1.26. The van der Waals surface area contributed by atoms with Crippen LogP contribution in [-0.4, -0.2) is 84.3 Å². The zero-order chi connectivity index (χ0) is 41.2. The molecule has 0 aliphatic rings.